The summed E-state index contributed by atoms with van der Waals surface area (Å²) in [5.41, 5.74) is 0.783. The molecule has 1 N–H and O–H groups in total. The lowest BCUT2D eigenvalue weighted by Gasteiger charge is -2.40. The molecule has 2 aliphatic heterocycles. The first-order chi connectivity index (χ1) is 12.6. The Hall–Kier alpha value is -1.78. The summed E-state index contributed by atoms with van der Waals surface area (Å²) in [5.74, 6) is 2.67. The van der Waals surface area contributed by atoms with Crippen molar-refractivity contribution in [3.8, 4) is 0 Å². The van der Waals surface area contributed by atoms with Gasteiger partial charge < -0.3 is 4.90 Å². The highest BCUT2D eigenvalue weighted by Crippen LogP contribution is 2.38. The molecule has 2 aromatic heterocycles. The van der Waals surface area contributed by atoms with Crippen LogP contribution in [-0.4, -0.2) is 65.3 Å². The van der Waals surface area contributed by atoms with Gasteiger partial charge in [-0.3, -0.25) is 0 Å². The third-order valence-electron chi connectivity index (χ3n) is 5.46. The van der Waals surface area contributed by atoms with Gasteiger partial charge in [0.15, 0.2) is 11.5 Å². The van der Waals surface area contributed by atoms with E-state index in [1.807, 2.05) is 16.6 Å². The van der Waals surface area contributed by atoms with Gasteiger partial charge in [-0.15, -0.1) is 15.3 Å². The Morgan fingerprint density at radius 3 is 2.62 bits per heavy atom. The lowest BCUT2D eigenvalue weighted by Crippen LogP contribution is -2.53. The number of aromatic nitrogens is 4. The maximum atomic E-state index is 12.2. The van der Waals surface area contributed by atoms with Gasteiger partial charge in [-0.2, -0.15) is 17.2 Å². The Labute approximate surface area is 152 Å². The van der Waals surface area contributed by atoms with Crippen molar-refractivity contribution in [1.29, 1.82) is 0 Å². The number of fused-ring (bicyclic) bond motifs is 1. The van der Waals surface area contributed by atoms with Gasteiger partial charge in [0.25, 0.3) is 10.2 Å². The van der Waals surface area contributed by atoms with Crippen LogP contribution in [0.1, 0.15) is 37.4 Å². The normalized spacial score (nSPS) is 22.2. The van der Waals surface area contributed by atoms with Crippen molar-refractivity contribution in [3.05, 3.63) is 18.0 Å². The van der Waals surface area contributed by atoms with E-state index in [0.717, 1.165) is 56.1 Å². The number of nitrogens with zero attached hydrogens (tertiary/aromatic N) is 6. The van der Waals surface area contributed by atoms with E-state index < -0.39 is 10.2 Å². The zero-order chi connectivity index (χ0) is 17.7. The fourth-order valence-corrected chi connectivity index (χ4v) is 5.06. The summed E-state index contributed by atoms with van der Waals surface area (Å²) in [6.45, 7) is 3.37. The largest absolute Gasteiger partial charge is 0.354 e. The molecule has 0 unspecified atom stereocenters. The van der Waals surface area contributed by atoms with Gasteiger partial charge in [-0.1, -0.05) is 0 Å². The summed E-state index contributed by atoms with van der Waals surface area (Å²) in [6, 6.07) is 3.91. The van der Waals surface area contributed by atoms with Crippen LogP contribution in [0.3, 0.4) is 0 Å². The van der Waals surface area contributed by atoms with Crippen molar-refractivity contribution in [1.82, 2.24) is 28.8 Å². The molecule has 3 fully saturated rings. The zero-order valence-electron chi connectivity index (χ0n) is 14.6. The quantitative estimate of drug-likeness (QED) is 0.781. The van der Waals surface area contributed by atoms with Gasteiger partial charge >= 0.3 is 0 Å². The molecule has 4 heterocycles. The Morgan fingerprint density at radius 2 is 1.88 bits per heavy atom. The van der Waals surface area contributed by atoms with Crippen molar-refractivity contribution in [3.63, 3.8) is 0 Å². The SMILES string of the molecule is O=S(=O)(NCC1CN(c2ccc3nnc(C4CC4)n3n2)C1)N1CCCC1. The van der Waals surface area contributed by atoms with Crippen molar-refractivity contribution in [2.45, 2.75) is 31.6 Å². The second-order valence-electron chi connectivity index (χ2n) is 7.52. The van der Waals surface area contributed by atoms with E-state index in [2.05, 4.69) is 19.8 Å². The second kappa shape index (κ2) is 6.14. The van der Waals surface area contributed by atoms with Crippen LogP contribution >= 0.6 is 0 Å². The fourth-order valence-electron chi connectivity index (χ4n) is 3.69. The molecule has 0 radical (unpaired) electrons. The van der Waals surface area contributed by atoms with E-state index in [-0.39, 0.29) is 0 Å². The molecule has 1 saturated carbocycles. The summed E-state index contributed by atoms with van der Waals surface area (Å²) < 4.78 is 30.6. The molecule has 140 valence electrons. The van der Waals surface area contributed by atoms with Gasteiger partial charge in [-0.25, -0.2) is 4.72 Å². The highest BCUT2D eigenvalue weighted by atomic mass is 32.2. The zero-order valence-corrected chi connectivity index (χ0v) is 15.4. The van der Waals surface area contributed by atoms with Crippen LogP contribution in [0.2, 0.25) is 0 Å². The Kier molecular flexibility index (Phi) is 3.87. The molecule has 2 saturated heterocycles. The average Bonchev–Trinajstić information content (AvgIpc) is 3.11. The topological polar surface area (TPSA) is 95.7 Å². The molecule has 10 heteroatoms. The number of anilines is 1. The van der Waals surface area contributed by atoms with Gasteiger partial charge in [0.2, 0.25) is 0 Å². The van der Waals surface area contributed by atoms with Gasteiger partial charge in [0, 0.05) is 44.6 Å². The van der Waals surface area contributed by atoms with Gasteiger partial charge in [0.1, 0.15) is 5.82 Å². The predicted molar refractivity (Wildman–Crippen MR) is 96.2 cm³/mol. The van der Waals surface area contributed by atoms with Crippen LogP contribution in [0.4, 0.5) is 5.82 Å². The van der Waals surface area contributed by atoms with Crippen LogP contribution in [0, 0.1) is 5.92 Å². The smallest absolute Gasteiger partial charge is 0.279 e. The van der Waals surface area contributed by atoms with Crippen molar-refractivity contribution >= 4 is 21.7 Å². The first-order valence-corrected chi connectivity index (χ1v) is 10.8. The third-order valence-corrected chi connectivity index (χ3v) is 7.03. The van der Waals surface area contributed by atoms with E-state index >= 15 is 0 Å². The van der Waals surface area contributed by atoms with E-state index in [1.54, 1.807) is 4.31 Å². The molecule has 0 spiro atoms. The minimum atomic E-state index is -3.31. The van der Waals surface area contributed by atoms with Crippen molar-refractivity contribution in [2.75, 3.05) is 37.6 Å². The predicted octanol–water partition coefficient (Wildman–Crippen LogP) is 0.368. The Morgan fingerprint density at radius 1 is 1.12 bits per heavy atom. The van der Waals surface area contributed by atoms with Crippen LogP contribution in [-0.2, 0) is 10.2 Å². The molecule has 0 amide bonds. The molecule has 5 rings (SSSR count). The maximum absolute atomic E-state index is 12.2. The maximum Gasteiger partial charge on any atom is 0.279 e. The molecule has 0 bridgehead atoms. The monoisotopic (exact) mass is 377 g/mol. The highest BCUT2D eigenvalue weighted by Gasteiger charge is 2.33. The third kappa shape index (κ3) is 2.95. The lowest BCUT2D eigenvalue weighted by molar-refractivity contribution is 0.391. The molecule has 0 aromatic carbocycles. The molecule has 3 aliphatic rings. The van der Waals surface area contributed by atoms with E-state index in [0.29, 0.717) is 31.5 Å². The minimum Gasteiger partial charge on any atom is -0.354 e. The summed E-state index contributed by atoms with van der Waals surface area (Å²) in [7, 11) is -3.31. The molecular formula is C16H23N7O2S. The molecule has 9 nitrogen and oxygen atoms in total. The summed E-state index contributed by atoms with van der Waals surface area (Å²) in [5, 5.41) is 13.1. The Balaban J connectivity index is 1.20. The van der Waals surface area contributed by atoms with Crippen molar-refractivity contribution < 1.29 is 8.42 Å². The number of rotatable bonds is 6. The van der Waals surface area contributed by atoms with E-state index in [1.165, 1.54) is 0 Å². The molecule has 26 heavy (non-hydrogen) atoms. The van der Waals surface area contributed by atoms with E-state index in [4.69, 9.17) is 5.10 Å². The van der Waals surface area contributed by atoms with Crippen LogP contribution < -0.4 is 9.62 Å². The first-order valence-electron chi connectivity index (χ1n) is 9.32. The van der Waals surface area contributed by atoms with Gasteiger partial charge in [0.05, 0.1) is 0 Å². The molecule has 2 aromatic rings. The summed E-state index contributed by atoms with van der Waals surface area (Å²) in [4.78, 5) is 2.17. The lowest BCUT2D eigenvalue weighted by atomic mass is 10.0. The fraction of sp³-hybridized carbons (Fsp3) is 0.688. The van der Waals surface area contributed by atoms with Gasteiger partial charge in [-0.05, 0) is 37.8 Å². The second-order valence-corrected chi connectivity index (χ2v) is 9.28. The summed E-state index contributed by atoms with van der Waals surface area (Å²) in [6.07, 6.45) is 4.24. The van der Waals surface area contributed by atoms with Crippen LogP contribution in [0.5, 0.6) is 0 Å². The number of nitrogens with one attached hydrogen (secondary N) is 1. The van der Waals surface area contributed by atoms with Crippen molar-refractivity contribution in [2.24, 2.45) is 5.92 Å². The molecule has 1 aliphatic carbocycles. The molecule has 0 atom stereocenters. The Bertz CT molecular complexity index is 912. The number of hydrogen-bond acceptors (Lipinski definition) is 6. The number of hydrogen-bond donors (Lipinski definition) is 1. The standard InChI is InChI=1S/C16H23N7O2S/c24-26(25,22-7-1-2-8-22)17-9-12-10-21(11-12)15-6-5-14-18-19-16(13-3-4-13)23(14)20-15/h5-6,12-13,17H,1-4,7-11H2. The average molecular weight is 377 g/mol. The minimum absolute atomic E-state index is 0.314. The summed E-state index contributed by atoms with van der Waals surface area (Å²) >= 11 is 0. The van der Waals surface area contributed by atoms with Crippen LogP contribution in [0.25, 0.3) is 5.65 Å². The highest BCUT2D eigenvalue weighted by molar-refractivity contribution is 7.87. The van der Waals surface area contributed by atoms with Crippen LogP contribution in [0.15, 0.2) is 12.1 Å². The first kappa shape index (κ1) is 16.4. The molecular weight excluding hydrogens is 354 g/mol. The van der Waals surface area contributed by atoms with E-state index in [9.17, 15) is 8.42 Å².